The fraction of sp³-hybridized carbons (Fsp3) is 0.467. The summed E-state index contributed by atoms with van der Waals surface area (Å²) >= 11 is 5.86. The number of nitrogens with one attached hydrogen (secondary N) is 1. The van der Waals surface area contributed by atoms with E-state index in [1.165, 1.54) is 6.42 Å². The third-order valence-electron chi connectivity index (χ3n) is 3.39. The summed E-state index contributed by atoms with van der Waals surface area (Å²) in [6.45, 7) is 1.75. The number of hydrogen-bond acceptors (Lipinski definition) is 3. The van der Waals surface area contributed by atoms with Gasteiger partial charge in [0.25, 0.3) is 5.91 Å². The van der Waals surface area contributed by atoms with Crippen molar-refractivity contribution in [3.63, 3.8) is 0 Å². The molecule has 1 saturated heterocycles. The largest absolute Gasteiger partial charge is 0.351 e. The van der Waals surface area contributed by atoms with Crippen LogP contribution >= 0.6 is 11.6 Å². The van der Waals surface area contributed by atoms with Gasteiger partial charge in [-0.3, -0.25) is 10.2 Å². The normalized spacial score (nSPS) is 15.8. The highest BCUT2D eigenvalue weighted by Gasteiger charge is 2.23. The van der Waals surface area contributed by atoms with Gasteiger partial charge in [-0.05, 0) is 43.5 Å². The van der Waals surface area contributed by atoms with Crippen molar-refractivity contribution in [3.8, 4) is 0 Å². The monoisotopic (exact) mass is 308 g/mol. The molecule has 1 heterocycles. The zero-order valence-corrected chi connectivity index (χ0v) is 13.2. The number of anilines is 1. The van der Waals surface area contributed by atoms with Crippen molar-refractivity contribution in [2.75, 3.05) is 32.6 Å². The number of carbonyl (C=O) groups is 1. The van der Waals surface area contributed by atoms with E-state index in [0.29, 0.717) is 10.9 Å². The molecule has 1 aromatic rings. The number of piperidine rings is 1. The number of halogens is 1. The van der Waals surface area contributed by atoms with Crippen molar-refractivity contribution >= 4 is 29.0 Å². The molecule has 0 aliphatic carbocycles. The summed E-state index contributed by atoms with van der Waals surface area (Å²) in [4.78, 5) is 15.9. The smallest absolute Gasteiger partial charge is 0.290 e. The van der Waals surface area contributed by atoms with Crippen LogP contribution in [0.5, 0.6) is 0 Å². The van der Waals surface area contributed by atoms with Gasteiger partial charge in [0.15, 0.2) is 0 Å². The van der Waals surface area contributed by atoms with Crippen molar-refractivity contribution in [3.05, 3.63) is 29.3 Å². The van der Waals surface area contributed by atoms with Crippen molar-refractivity contribution < 1.29 is 4.79 Å². The summed E-state index contributed by atoms with van der Waals surface area (Å²) in [7, 11) is 3.48. The van der Waals surface area contributed by atoms with E-state index in [1.54, 1.807) is 31.1 Å². The molecule has 0 radical (unpaired) electrons. The van der Waals surface area contributed by atoms with E-state index < -0.39 is 0 Å². The Kier molecular flexibility index (Phi) is 5.44. The van der Waals surface area contributed by atoms with Gasteiger partial charge in [-0.1, -0.05) is 11.6 Å². The Morgan fingerprint density at radius 3 is 2.38 bits per heavy atom. The van der Waals surface area contributed by atoms with E-state index >= 15 is 0 Å². The van der Waals surface area contributed by atoms with Crippen LogP contribution in [0.4, 0.5) is 5.69 Å². The van der Waals surface area contributed by atoms with E-state index in [-0.39, 0.29) is 5.91 Å². The predicted octanol–water partition coefficient (Wildman–Crippen LogP) is 2.64. The minimum atomic E-state index is -0.0848. The summed E-state index contributed by atoms with van der Waals surface area (Å²) < 4.78 is 0. The number of hydrogen-bond donors (Lipinski definition) is 1. The van der Waals surface area contributed by atoms with Gasteiger partial charge in [-0.25, -0.2) is 0 Å². The first-order chi connectivity index (χ1) is 10.1. The maximum absolute atomic E-state index is 12.3. The first kappa shape index (κ1) is 15.6. The van der Waals surface area contributed by atoms with Crippen LogP contribution in [-0.4, -0.2) is 48.7 Å². The van der Waals surface area contributed by atoms with Gasteiger partial charge in [0.05, 0.1) is 5.69 Å². The number of rotatable bonds is 2. The van der Waals surface area contributed by atoms with Crippen molar-refractivity contribution in [2.45, 2.75) is 19.3 Å². The molecule has 5 nitrogen and oxygen atoms in total. The molecular weight excluding hydrogens is 288 g/mol. The molecule has 0 bridgehead atoms. The third-order valence-corrected chi connectivity index (χ3v) is 3.64. The van der Waals surface area contributed by atoms with E-state index in [0.717, 1.165) is 31.6 Å². The number of amidine groups is 1. The zero-order chi connectivity index (χ0) is 15.2. The van der Waals surface area contributed by atoms with E-state index in [2.05, 4.69) is 15.4 Å². The number of likely N-dealkylation sites (tertiary alicyclic amines) is 1. The quantitative estimate of drug-likeness (QED) is 0.519. The Balaban J connectivity index is 2.15. The molecule has 1 aliphatic heterocycles. The lowest BCUT2D eigenvalue weighted by atomic mass is 10.1. The summed E-state index contributed by atoms with van der Waals surface area (Å²) in [5.41, 5.74) is 3.75. The van der Waals surface area contributed by atoms with Crippen LogP contribution in [0.1, 0.15) is 19.3 Å². The second-order valence-corrected chi connectivity index (χ2v) is 5.74. The number of amides is 1. The molecule has 0 aromatic heterocycles. The van der Waals surface area contributed by atoms with Gasteiger partial charge in [-0.2, -0.15) is 5.10 Å². The summed E-state index contributed by atoms with van der Waals surface area (Å²) in [5, 5.41) is 5.00. The maximum Gasteiger partial charge on any atom is 0.290 e. The molecule has 0 spiro atoms. The van der Waals surface area contributed by atoms with Crippen LogP contribution in [-0.2, 0) is 4.79 Å². The highest BCUT2D eigenvalue weighted by molar-refractivity contribution is 6.37. The Morgan fingerprint density at radius 1 is 1.19 bits per heavy atom. The summed E-state index contributed by atoms with van der Waals surface area (Å²) in [5.74, 6) is 0.382. The maximum atomic E-state index is 12.3. The molecule has 0 atom stereocenters. The number of carbonyl (C=O) groups excluding carboxylic acids is 1. The van der Waals surface area contributed by atoms with Gasteiger partial charge in [-0.15, -0.1) is 0 Å². The van der Waals surface area contributed by atoms with Crippen molar-refractivity contribution in [1.82, 2.24) is 9.80 Å². The van der Waals surface area contributed by atoms with Gasteiger partial charge in [0.1, 0.15) is 0 Å². The van der Waals surface area contributed by atoms with Crippen LogP contribution < -0.4 is 5.43 Å². The fourth-order valence-electron chi connectivity index (χ4n) is 2.20. The number of benzene rings is 1. The fourth-order valence-corrected chi connectivity index (χ4v) is 2.33. The minimum Gasteiger partial charge on any atom is -0.351 e. The second kappa shape index (κ2) is 7.31. The number of likely N-dealkylation sites (N-methyl/N-ethyl adjacent to an activating group) is 1. The Labute approximate surface area is 130 Å². The first-order valence-corrected chi connectivity index (χ1v) is 7.51. The summed E-state index contributed by atoms with van der Waals surface area (Å²) in [6.07, 6.45) is 3.41. The second-order valence-electron chi connectivity index (χ2n) is 5.30. The van der Waals surface area contributed by atoms with Crippen LogP contribution in [0.15, 0.2) is 29.4 Å². The minimum absolute atomic E-state index is 0.0848. The molecule has 1 N–H and O–H groups in total. The van der Waals surface area contributed by atoms with Gasteiger partial charge < -0.3 is 9.80 Å². The molecule has 114 valence electrons. The Bertz CT molecular complexity index is 507. The molecule has 1 aromatic carbocycles. The van der Waals surface area contributed by atoms with Crippen LogP contribution in [0.2, 0.25) is 5.02 Å². The van der Waals surface area contributed by atoms with Crippen LogP contribution in [0, 0.1) is 0 Å². The van der Waals surface area contributed by atoms with Crippen LogP contribution in [0.25, 0.3) is 0 Å². The third kappa shape index (κ3) is 4.36. The molecule has 1 amide bonds. The Hall–Kier alpha value is -1.75. The van der Waals surface area contributed by atoms with E-state index in [1.807, 2.05) is 12.1 Å². The van der Waals surface area contributed by atoms with Crippen molar-refractivity contribution in [1.29, 1.82) is 0 Å². The van der Waals surface area contributed by atoms with Gasteiger partial charge >= 0.3 is 0 Å². The van der Waals surface area contributed by atoms with Gasteiger partial charge in [0, 0.05) is 32.2 Å². The molecule has 1 fully saturated rings. The zero-order valence-electron chi connectivity index (χ0n) is 12.5. The van der Waals surface area contributed by atoms with Crippen molar-refractivity contribution in [2.24, 2.45) is 5.10 Å². The highest BCUT2D eigenvalue weighted by Crippen LogP contribution is 2.14. The lowest BCUT2D eigenvalue weighted by Crippen LogP contribution is -2.45. The number of hydrazone groups is 1. The van der Waals surface area contributed by atoms with Crippen LogP contribution in [0.3, 0.4) is 0 Å². The SMILES string of the molecule is CN(C)C(=O)/C(=N\Nc1ccc(Cl)cc1)N1CCCCC1. The number of nitrogens with zero attached hydrogens (tertiary/aromatic N) is 3. The lowest BCUT2D eigenvalue weighted by Gasteiger charge is -2.30. The van der Waals surface area contributed by atoms with E-state index in [9.17, 15) is 4.79 Å². The predicted molar refractivity (Wildman–Crippen MR) is 86.6 cm³/mol. The molecule has 21 heavy (non-hydrogen) atoms. The average molecular weight is 309 g/mol. The highest BCUT2D eigenvalue weighted by atomic mass is 35.5. The standard InChI is InChI=1S/C15H21ClN4O/c1-19(2)15(21)14(20-10-4-3-5-11-20)18-17-13-8-6-12(16)7-9-13/h6-9,17H,3-5,10-11H2,1-2H3/b18-14+. The summed E-state index contributed by atoms with van der Waals surface area (Å²) in [6, 6.07) is 7.24. The molecule has 2 rings (SSSR count). The first-order valence-electron chi connectivity index (χ1n) is 7.14. The lowest BCUT2D eigenvalue weighted by molar-refractivity contribution is -0.122. The Morgan fingerprint density at radius 2 is 1.81 bits per heavy atom. The molecule has 0 unspecified atom stereocenters. The molecular formula is C15H21ClN4O. The average Bonchev–Trinajstić information content (AvgIpc) is 2.50. The topological polar surface area (TPSA) is 47.9 Å². The van der Waals surface area contributed by atoms with E-state index in [4.69, 9.17) is 11.6 Å². The van der Waals surface area contributed by atoms with Gasteiger partial charge in [0.2, 0.25) is 5.84 Å². The molecule has 0 saturated carbocycles. The molecule has 1 aliphatic rings. The molecule has 6 heteroatoms.